The summed E-state index contributed by atoms with van der Waals surface area (Å²) in [6, 6.07) is 3.43. The van der Waals surface area contributed by atoms with Crippen molar-refractivity contribution in [1.82, 2.24) is 0 Å². The van der Waals surface area contributed by atoms with Crippen molar-refractivity contribution in [2.45, 2.75) is 4.21 Å². The summed E-state index contributed by atoms with van der Waals surface area (Å²) < 4.78 is 6.12. The van der Waals surface area contributed by atoms with E-state index in [0.29, 0.717) is 10.6 Å². The van der Waals surface area contributed by atoms with Crippen LogP contribution in [-0.2, 0) is 4.79 Å². The van der Waals surface area contributed by atoms with Gasteiger partial charge in [0, 0.05) is 5.56 Å². The van der Waals surface area contributed by atoms with Gasteiger partial charge in [0.05, 0.1) is 11.3 Å². The second kappa shape index (κ2) is 5.58. The van der Waals surface area contributed by atoms with Gasteiger partial charge in [-0.15, -0.1) is 11.8 Å². The Morgan fingerprint density at radius 3 is 2.88 bits per heavy atom. The van der Waals surface area contributed by atoms with Crippen molar-refractivity contribution < 1.29 is 14.6 Å². The fourth-order valence-corrected chi connectivity index (χ4v) is 2.52. The maximum absolute atomic E-state index is 10.7. The molecule has 0 aliphatic rings. The highest BCUT2D eigenvalue weighted by molar-refractivity contribution is 8.00. The maximum atomic E-state index is 10.7. The summed E-state index contributed by atoms with van der Waals surface area (Å²) in [5.41, 5.74) is 0.319. The molecule has 1 N–H and O–H groups in total. The van der Waals surface area contributed by atoms with Crippen LogP contribution in [0.15, 0.2) is 15.8 Å². The van der Waals surface area contributed by atoms with Crippen molar-refractivity contribution in [2.75, 3.05) is 13.4 Å². The summed E-state index contributed by atoms with van der Waals surface area (Å²) in [4.78, 5) is 10.7. The molecule has 0 saturated heterocycles. The van der Waals surface area contributed by atoms with Crippen molar-refractivity contribution in [3.63, 3.8) is 0 Å². The first kappa shape index (κ1) is 12.6. The van der Waals surface area contributed by atoms with Crippen molar-refractivity contribution >= 4 is 35.1 Å². The van der Waals surface area contributed by atoms with E-state index in [-0.39, 0.29) is 5.57 Å². The summed E-state index contributed by atoms with van der Waals surface area (Å²) in [7, 11) is 1.51. The van der Waals surface area contributed by atoms with E-state index in [1.807, 2.05) is 6.26 Å². The third-order valence-electron chi connectivity index (χ3n) is 1.74. The highest BCUT2D eigenvalue weighted by Crippen LogP contribution is 2.36. The topological polar surface area (TPSA) is 70.3 Å². The van der Waals surface area contributed by atoms with Crippen LogP contribution in [-0.4, -0.2) is 24.4 Å². The van der Waals surface area contributed by atoms with Gasteiger partial charge in [-0.25, -0.2) is 4.79 Å². The number of thiophene rings is 1. The number of carboxylic acid groups (broad SMARTS) is 1. The Morgan fingerprint density at radius 1 is 1.75 bits per heavy atom. The van der Waals surface area contributed by atoms with Gasteiger partial charge in [-0.1, -0.05) is 11.3 Å². The number of aliphatic carboxylic acids is 1. The molecule has 0 aliphatic carbocycles. The van der Waals surface area contributed by atoms with Crippen LogP contribution in [0, 0.1) is 11.3 Å². The molecule has 0 aliphatic heterocycles. The molecule has 16 heavy (non-hydrogen) atoms. The van der Waals surface area contributed by atoms with E-state index >= 15 is 0 Å². The summed E-state index contributed by atoms with van der Waals surface area (Å²) in [5.74, 6) is -1.23. The Hall–Kier alpha value is -1.45. The first-order chi connectivity index (χ1) is 7.62. The van der Waals surface area contributed by atoms with Gasteiger partial charge >= 0.3 is 5.97 Å². The lowest BCUT2D eigenvalue weighted by atomic mass is 10.2. The first-order valence-electron chi connectivity index (χ1n) is 4.19. The highest BCUT2D eigenvalue weighted by Gasteiger charge is 2.11. The lowest BCUT2D eigenvalue weighted by molar-refractivity contribution is -0.132. The van der Waals surface area contributed by atoms with Gasteiger partial charge in [-0.2, -0.15) is 5.26 Å². The number of ether oxygens (including phenoxy) is 1. The number of nitriles is 1. The summed E-state index contributed by atoms with van der Waals surface area (Å²) in [6.07, 6.45) is 3.23. The van der Waals surface area contributed by atoms with Gasteiger partial charge in [-0.05, 0) is 18.4 Å². The van der Waals surface area contributed by atoms with Crippen molar-refractivity contribution in [2.24, 2.45) is 0 Å². The number of carbonyl (C=O) groups is 1. The van der Waals surface area contributed by atoms with Crippen molar-refractivity contribution in [3.8, 4) is 11.1 Å². The van der Waals surface area contributed by atoms with Crippen LogP contribution in [0.4, 0.5) is 0 Å². The third-order valence-corrected chi connectivity index (χ3v) is 3.92. The van der Waals surface area contributed by atoms with Crippen molar-refractivity contribution in [1.29, 1.82) is 5.26 Å². The molecule has 1 heterocycles. The van der Waals surface area contributed by atoms with Crippen LogP contribution >= 0.6 is 23.1 Å². The predicted molar refractivity (Wildman–Crippen MR) is 63.9 cm³/mol. The summed E-state index contributed by atoms with van der Waals surface area (Å²) >= 11 is 2.96. The molecule has 1 aromatic heterocycles. The average molecular weight is 255 g/mol. The normalized spacial score (nSPS) is 10.9. The van der Waals surface area contributed by atoms with E-state index in [2.05, 4.69) is 0 Å². The molecule has 0 amide bonds. The Balaban J connectivity index is 3.18. The zero-order valence-corrected chi connectivity index (χ0v) is 10.3. The molecular formula is C10H9NO3S2. The quantitative estimate of drug-likeness (QED) is 0.508. The molecular weight excluding hydrogens is 246 g/mol. The number of rotatable bonds is 4. The Bertz CT molecular complexity index is 471. The smallest absolute Gasteiger partial charge is 0.346 e. The molecule has 84 valence electrons. The molecule has 0 fully saturated rings. The molecule has 1 aromatic rings. The van der Waals surface area contributed by atoms with Gasteiger partial charge in [0.2, 0.25) is 0 Å². The average Bonchev–Trinajstić information content (AvgIpc) is 2.67. The number of methoxy groups -OCH3 is 1. The molecule has 0 saturated carbocycles. The number of nitrogens with zero attached hydrogens (tertiary/aromatic N) is 1. The van der Waals surface area contributed by atoms with E-state index in [0.717, 1.165) is 4.21 Å². The van der Waals surface area contributed by atoms with Crippen LogP contribution in [0.5, 0.6) is 5.06 Å². The zero-order chi connectivity index (χ0) is 12.1. The van der Waals surface area contributed by atoms with E-state index in [4.69, 9.17) is 15.1 Å². The molecule has 0 unspecified atom stereocenters. The van der Waals surface area contributed by atoms with Crippen LogP contribution in [0.2, 0.25) is 0 Å². The number of carboxylic acids is 1. The Labute approximate surface area is 101 Å². The number of thioether (sulfide) groups is 1. The Kier molecular flexibility index (Phi) is 4.40. The maximum Gasteiger partial charge on any atom is 0.346 e. The molecule has 0 bridgehead atoms. The van der Waals surface area contributed by atoms with Crippen molar-refractivity contribution in [3.05, 3.63) is 17.2 Å². The van der Waals surface area contributed by atoms with Gasteiger partial charge in [0.15, 0.2) is 5.06 Å². The molecule has 1 rings (SSSR count). The SMILES string of the molecule is COc1sc(SC)cc1/C=C(\C#N)C(=O)O. The van der Waals surface area contributed by atoms with Crippen LogP contribution in [0.3, 0.4) is 0 Å². The van der Waals surface area contributed by atoms with Crippen LogP contribution in [0.25, 0.3) is 6.08 Å². The largest absolute Gasteiger partial charge is 0.487 e. The minimum absolute atomic E-state index is 0.302. The number of hydrogen-bond donors (Lipinski definition) is 1. The molecule has 0 spiro atoms. The van der Waals surface area contributed by atoms with E-state index in [1.165, 1.54) is 24.5 Å². The third kappa shape index (κ3) is 2.78. The summed E-state index contributed by atoms with van der Waals surface area (Å²) in [6.45, 7) is 0. The second-order valence-electron chi connectivity index (χ2n) is 2.69. The van der Waals surface area contributed by atoms with Gasteiger partial charge < -0.3 is 9.84 Å². The van der Waals surface area contributed by atoms with E-state index < -0.39 is 5.97 Å². The van der Waals surface area contributed by atoms with Gasteiger partial charge in [0.1, 0.15) is 11.6 Å². The lowest BCUT2D eigenvalue weighted by Crippen LogP contribution is -1.97. The molecule has 0 atom stereocenters. The molecule has 4 nitrogen and oxygen atoms in total. The predicted octanol–water partition coefficient (Wildman–Crippen LogP) is 2.47. The first-order valence-corrected chi connectivity index (χ1v) is 6.23. The minimum Gasteiger partial charge on any atom is -0.487 e. The molecule has 0 aromatic carbocycles. The zero-order valence-electron chi connectivity index (χ0n) is 8.68. The monoisotopic (exact) mass is 255 g/mol. The lowest BCUT2D eigenvalue weighted by Gasteiger charge is -1.96. The molecule has 0 radical (unpaired) electrons. The van der Waals surface area contributed by atoms with E-state index in [9.17, 15) is 4.79 Å². The summed E-state index contributed by atoms with van der Waals surface area (Å²) in [5, 5.41) is 18.0. The second-order valence-corrected chi connectivity index (χ2v) is 4.81. The fraction of sp³-hybridized carbons (Fsp3) is 0.200. The fourth-order valence-electron chi connectivity index (χ4n) is 1.02. The van der Waals surface area contributed by atoms with Gasteiger partial charge in [-0.3, -0.25) is 0 Å². The standard InChI is InChI=1S/C10H9NO3S2/c1-14-10-6(4-8(15-2)16-10)3-7(5-11)9(12)13/h3-4H,1-2H3,(H,12,13)/b7-3+. The molecule has 6 heteroatoms. The highest BCUT2D eigenvalue weighted by atomic mass is 32.2. The van der Waals surface area contributed by atoms with Gasteiger partial charge in [0.25, 0.3) is 0 Å². The number of hydrogen-bond acceptors (Lipinski definition) is 5. The minimum atomic E-state index is -1.23. The van der Waals surface area contributed by atoms with Crippen LogP contribution < -0.4 is 4.74 Å². The Morgan fingerprint density at radius 2 is 2.44 bits per heavy atom. The van der Waals surface area contributed by atoms with Crippen LogP contribution in [0.1, 0.15) is 5.56 Å². The van der Waals surface area contributed by atoms with E-state index in [1.54, 1.807) is 23.9 Å².